The molecule has 32 heavy (non-hydrogen) atoms. The van der Waals surface area contributed by atoms with Gasteiger partial charge in [-0.2, -0.15) is 4.31 Å². The average Bonchev–Trinajstić information content (AvgIpc) is 2.77. The molecule has 0 saturated carbocycles. The fourth-order valence-electron chi connectivity index (χ4n) is 4.50. The van der Waals surface area contributed by atoms with Gasteiger partial charge < -0.3 is 4.98 Å². The Bertz CT molecular complexity index is 1310. The van der Waals surface area contributed by atoms with Crippen LogP contribution in [0.5, 0.6) is 0 Å². The van der Waals surface area contributed by atoms with Crippen molar-refractivity contribution in [1.82, 2.24) is 19.2 Å². The summed E-state index contributed by atoms with van der Waals surface area (Å²) in [4.78, 5) is 22.6. The number of sulfonamides is 1. The fourth-order valence-corrected chi connectivity index (χ4v) is 6.50. The number of hydrogen-bond acceptors (Lipinski definition) is 5. The van der Waals surface area contributed by atoms with E-state index in [0.29, 0.717) is 47.8 Å². The topological polar surface area (TPSA) is 86.4 Å². The Morgan fingerprint density at radius 1 is 0.969 bits per heavy atom. The molecular weight excluding hydrogens is 424 g/mol. The Morgan fingerprint density at radius 2 is 1.56 bits per heavy atom. The molecule has 2 aromatic carbocycles. The molecule has 1 aliphatic rings. The van der Waals surface area contributed by atoms with E-state index in [0.717, 1.165) is 22.3 Å². The molecule has 1 aromatic heterocycles. The van der Waals surface area contributed by atoms with Gasteiger partial charge in [-0.3, -0.25) is 9.69 Å². The minimum atomic E-state index is -3.58. The van der Waals surface area contributed by atoms with Crippen molar-refractivity contribution in [2.45, 2.75) is 45.6 Å². The summed E-state index contributed by atoms with van der Waals surface area (Å²) in [5.74, 6) is 0.603. The van der Waals surface area contributed by atoms with Crippen LogP contribution in [-0.4, -0.2) is 53.8 Å². The number of aryl methyl sites for hydroxylation is 2. The first kappa shape index (κ1) is 22.6. The quantitative estimate of drug-likeness (QED) is 0.654. The number of aromatic nitrogens is 2. The monoisotopic (exact) mass is 454 g/mol. The predicted molar refractivity (Wildman–Crippen MR) is 127 cm³/mol. The van der Waals surface area contributed by atoms with E-state index in [1.165, 1.54) is 0 Å². The van der Waals surface area contributed by atoms with E-state index in [1.807, 2.05) is 58.9 Å². The lowest BCUT2D eigenvalue weighted by Gasteiger charge is -2.37. The van der Waals surface area contributed by atoms with E-state index in [9.17, 15) is 13.2 Å². The molecule has 0 bridgehead atoms. The normalized spacial score (nSPS) is 17.0. The maximum absolute atomic E-state index is 13.5. The molecule has 1 fully saturated rings. The molecule has 7 nitrogen and oxygen atoms in total. The van der Waals surface area contributed by atoms with Gasteiger partial charge in [0.1, 0.15) is 5.82 Å². The zero-order valence-electron chi connectivity index (χ0n) is 19.3. The van der Waals surface area contributed by atoms with Gasteiger partial charge in [0.2, 0.25) is 10.0 Å². The number of fused-ring (bicyclic) bond motifs is 1. The van der Waals surface area contributed by atoms with Crippen molar-refractivity contribution in [2.75, 3.05) is 26.2 Å². The minimum Gasteiger partial charge on any atom is -0.309 e. The Labute approximate surface area is 189 Å². The Hall–Kier alpha value is -2.55. The molecule has 3 aromatic rings. The fraction of sp³-hybridized carbons (Fsp3) is 0.417. The molecule has 0 aliphatic carbocycles. The zero-order chi connectivity index (χ0) is 23.2. The Balaban J connectivity index is 1.55. The van der Waals surface area contributed by atoms with Gasteiger partial charge in [0.15, 0.2) is 0 Å². The molecule has 0 radical (unpaired) electrons. The van der Waals surface area contributed by atoms with E-state index in [1.54, 1.807) is 10.4 Å². The van der Waals surface area contributed by atoms with Crippen LogP contribution in [0.4, 0.5) is 0 Å². The third-order valence-electron chi connectivity index (χ3n) is 6.74. The van der Waals surface area contributed by atoms with Crippen molar-refractivity contribution in [2.24, 2.45) is 0 Å². The molecule has 0 spiro atoms. The van der Waals surface area contributed by atoms with Crippen molar-refractivity contribution in [3.63, 3.8) is 0 Å². The first-order valence-corrected chi connectivity index (χ1v) is 12.4. The van der Waals surface area contributed by atoms with Crippen molar-refractivity contribution in [1.29, 1.82) is 0 Å². The number of H-pyrrole nitrogens is 1. The van der Waals surface area contributed by atoms with Crippen LogP contribution in [0.2, 0.25) is 0 Å². The molecule has 0 amide bonds. The van der Waals surface area contributed by atoms with Gasteiger partial charge in [-0.15, -0.1) is 0 Å². The lowest BCUT2D eigenvalue weighted by molar-refractivity contribution is 0.141. The van der Waals surface area contributed by atoms with Crippen LogP contribution in [0.15, 0.2) is 40.0 Å². The van der Waals surface area contributed by atoms with Crippen LogP contribution >= 0.6 is 0 Å². The second kappa shape index (κ2) is 8.42. The SMILES string of the molecule is Cc1cc(C)c(C)c(S(=O)(=O)N2CCN([C@H](C)c3nc4ccccc4c(=O)[nH]3)CC2)c1C. The highest BCUT2D eigenvalue weighted by molar-refractivity contribution is 7.89. The predicted octanol–water partition coefficient (Wildman–Crippen LogP) is 3.22. The number of benzene rings is 2. The number of hydrogen-bond donors (Lipinski definition) is 1. The number of piperazine rings is 1. The summed E-state index contributed by atoms with van der Waals surface area (Å²) in [6.07, 6.45) is 0. The number of nitrogens with one attached hydrogen (secondary N) is 1. The largest absolute Gasteiger partial charge is 0.309 e. The van der Waals surface area contributed by atoms with Crippen LogP contribution in [0.1, 0.15) is 41.0 Å². The van der Waals surface area contributed by atoms with Gasteiger partial charge in [0, 0.05) is 26.2 Å². The molecule has 1 saturated heterocycles. The van der Waals surface area contributed by atoms with E-state index in [-0.39, 0.29) is 11.6 Å². The zero-order valence-corrected chi connectivity index (χ0v) is 20.1. The Kier molecular flexibility index (Phi) is 5.96. The summed E-state index contributed by atoms with van der Waals surface area (Å²) in [6, 6.07) is 9.20. The van der Waals surface area contributed by atoms with Crippen LogP contribution in [-0.2, 0) is 10.0 Å². The van der Waals surface area contributed by atoms with Gasteiger partial charge in [-0.25, -0.2) is 13.4 Å². The first-order valence-electron chi connectivity index (χ1n) is 10.9. The van der Waals surface area contributed by atoms with E-state index in [2.05, 4.69) is 14.9 Å². The maximum Gasteiger partial charge on any atom is 0.258 e. The molecule has 170 valence electrons. The maximum atomic E-state index is 13.5. The van der Waals surface area contributed by atoms with Crippen molar-refractivity contribution in [3.8, 4) is 0 Å². The summed E-state index contributed by atoms with van der Waals surface area (Å²) in [6.45, 7) is 11.6. The molecule has 1 atom stereocenters. The van der Waals surface area contributed by atoms with Crippen molar-refractivity contribution in [3.05, 3.63) is 68.8 Å². The minimum absolute atomic E-state index is 0.123. The third-order valence-corrected chi connectivity index (χ3v) is 8.92. The van der Waals surface area contributed by atoms with Crippen LogP contribution in [0, 0.1) is 27.7 Å². The molecule has 1 N–H and O–H groups in total. The standard InChI is InChI=1S/C24H30N4O3S/c1-15-14-16(2)18(4)22(17(15)3)32(30,31)28-12-10-27(11-13-28)19(5)23-25-21-9-7-6-8-20(21)24(29)26-23/h6-9,14,19H,10-13H2,1-5H3,(H,25,26,29)/t19-/m1/s1. The van der Waals surface area contributed by atoms with E-state index >= 15 is 0 Å². The number of rotatable bonds is 4. The molecule has 2 heterocycles. The second-order valence-electron chi connectivity index (χ2n) is 8.67. The second-order valence-corrected chi connectivity index (χ2v) is 10.5. The highest BCUT2D eigenvalue weighted by Gasteiger charge is 2.33. The number of nitrogens with zero attached hydrogens (tertiary/aromatic N) is 3. The number of aromatic amines is 1. The summed E-state index contributed by atoms with van der Waals surface area (Å²) < 4.78 is 28.6. The van der Waals surface area contributed by atoms with E-state index in [4.69, 9.17) is 0 Å². The molecule has 1 aliphatic heterocycles. The summed E-state index contributed by atoms with van der Waals surface area (Å²) >= 11 is 0. The third kappa shape index (κ3) is 3.87. The van der Waals surface area contributed by atoms with Crippen LogP contribution in [0.3, 0.4) is 0 Å². The average molecular weight is 455 g/mol. The highest BCUT2D eigenvalue weighted by atomic mass is 32.2. The molecule has 8 heteroatoms. The summed E-state index contributed by atoms with van der Waals surface area (Å²) in [5, 5.41) is 0.568. The van der Waals surface area contributed by atoms with Gasteiger partial charge >= 0.3 is 0 Å². The summed E-state index contributed by atoms with van der Waals surface area (Å²) in [5.41, 5.74) is 4.14. The lowest BCUT2D eigenvalue weighted by atomic mass is 10.0. The number of para-hydroxylation sites is 1. The molecular formula is C24H30N4O3S. The first-order chi connectivity index (χ1) is 15.1. The van der Waals surface area contributed by atoms with Gasteiger partial charge in [0.05, 0.1) is 21.8 Å². The van der Waals surface area contributed by atoms with Gasteiger partial charge in [0.25, 0.3) is 5.56 Å². The van der Waals surface area contributed by atoms with Gasteiger partial charge in [-0.05, 0) is 69.0 Å². The molecule has 4 rings (SSSR count). The van der Waals surface area contributed by atoms with Gasteiger partial charge in [-0.1, -0.05) is 18.2 Å². The van der Waals surface area contributed by atoms with Crippen LogP contribution < -0.4 is 5.56 Å². The molecule has 0 unspecified atom stereocenters. The van der Waals surface area contributed by atoms with Crippen LogP contribution in [0.25, 0.3) is 10.9 Å². The Morgan fingerprint density at radius 3 is 2.19 bits per heavy atom. The lowest BCUT2D eigenvalue weighted by Crippen LogP contribution is -2.49. The van der Waals surface area contributed by atoms with Crippen molar-refractivity contribution < 1.29 is 8.42 Å². The summed E-state index contributed by atoms with van der Waals surface area (Å²) in [7, 11) is -3.58. The van der Waals surface area contributed by atoms with Crippen molar-refractivity contribution >= 4 is 20.9 Å². The highest BCUT2D eigenvalue weighted by Crippen LogP contribution is 2.30. The van der Waals surface area contributed by atoms with E-state index < -0.39 is 10.0 Å². The smallest absolute Gasteiger partial charge is 0.258 e.